The van der Waals surface area contributed by atoms with E-state index in [2.05, 4.69) is 43.3 Å². The van der Waals surface area contributed by atoms with Crippen LogP contribution in [0.1, 0.15) is 39.1 Å². The van der Waals surface area contributed by atoms with Crippen LogP contribution in [0.25, 0.3) is 11.2 Å². The molecule has 2 heterocycles. The number of rotatable bonds is 4. The average Bonchev–Trinajstić information content (AvgIpc) is 2.66. The number of hydrogen-bond acceptors (Lipinski definition) is 2. The number of alkyl halides is 1. The molecule has 0 radical (unpaired) electrons. The van der Waals surface area contributed by atoms with E-state index in [1.165, 1.54) is 0 Å². The fourth-order valence-electron chi connectivity index (χ4n) is 2.17. The molecule has 110 valence electrons. The van der Waals surface area contributed by atoms with Gasteiger partial charge >= 0.3 is 0 Å². The molecular formula is C16H24ClN3. The van der Waals surface area contributed by atoms with Crippen molar-refractivity contribution in [3.05, 3.63) is 23.7 Å². The SMILES string of the molecule is Cc1cnc2c(c1)nc(CCCl)n2CC(C)C(C)(C)C. The number of halogens is 1. The van der Waals surface area contributed by atoms with Crippen LogP contribution < -0.4 is 0 Å². The summed E-state index contributed by atoms with van der Waals surface area (Å²) in [6, 6.07) is 2.10. The van der Waals surface area contributed by atoms with E-state index < -0.39 is 0 Å². The number of aromatic nitrogens is 3. The maximum atomic E-state index is 5.92. The first kappa shape index (κ1) is 15.3. The monoisotopic (exact) mass is 293 g/mol. The zero-order valence-corrected chi connectivity index (χ0v) is 13.8. The van der Waals surface area contributed by atoms with Crippen LogP contribution in [0.4, 0.5) is 0 Å². The second-order valence-corrected chi connectivity index (χ2v) is 7.08. The smallest absolute Gasteiger partial charge is 0.160 e. The van der Waals surface area contributed by atoms with E-state index in [1.807, 2.05) is 13.1 Å². The van der Waals surface area contributed by atoms with Crippen molar-refractivity contribution < 1.29 is 0 Å². The van der Waals surface area contributed by atoms with Crippen molar-refractivity contribution in [1.29, 1.82) is 0 Å². The van der Waals surface area contributed by atoms with Crippen molar-refractivity contribution >= 4 is 22.8 Å². The summed E-state index contributed by atoms with van der Waals surface area (Å²) < 4.78 is 2.24. The Bertz CT molecular complexity index is 596. The van der Waals surface area contributed by atoms with Gasteiger partial charge in [0.05, 0.1) is 0 Å². The zero-order valence-electron chi connectivity index (χ0n) is 13.1. The lowest BCUT2D eigenvalue weighted by Crippen LogP contribution is -2.23. The van der Waals surface area contributed by atoms with Gasteiger partial charge in [-0.15, -0.1) is 11.6 Å². The van der Waals surface area contributed by atoms with Gasteiger partial charge in [0.1, 0.15) is 11.3 Å². The van der Waals surface area contributed by atoms with Crippen molar-refractivity contribution in [2.45, 2.75) is 47.6 Å². The quantitative estimate of drug-likeness (QED) is 0.791. The largest absolute Gasteiger partial charge is 0.312 e. The van der Waals surface area contributed by atoms with Crippen LogP contribution in [-0.4, -0.2) is 20.4 Å². The standard InChI is InChI=1S/C16H24ClN3/c1-11-8-13-15(18-9-11)20(14(19-13)6-7-17)10-12(2)16(3,4)5/h8-9,12H,6-7,10H2,1-5H3. The van der Waals surface area contributed by atoms with Crippen LogP contribution >= 0.6 is 11.6 Å². The number of fused-ring (bicyclic) bond motifs is 1. The summed E-state index contributed by atoms with van der Waals surface area (Å²) >= 11 is 5.92. The summed E-state index contributed by atoms with van der Waals surface area (Å²) in [4.78, 5) is 9.29. The molecule has 0 amide bonds. The van der Waals surface area contributed by atoms with Gasteiger partial charge in [0, 0.05) is 25.0 Å². The van der Waals surface area contributed by atoms with Crippen LogP contribution in [0.5, 0.6) is 0 Å². The zero-order chi connectivity index (χ0) is 14.9. The number of aryl methyl sites for hydroxylation is 2. The van der Waals surface area contributed by atoms with Gasteiger partial charge in [0.2, 0.25) is 0 Å². The normalized spacial score (nSPS) is 13.9. The summed E-state index contributed by atoms with van der Waals surface area (Å²) in [6.07, 6.45) is 2.70. The Hall–Kier alpha value is -1.09. The first-order valence-electron chi connectivity index (χ1n) is 7.20. The summed E-state index contributed by atoms with van der Waals surface area (Å²) in [5.41, 5.74) is 3.36. The number of hydrogen-bond donors (Lipinski definition) is 0. The summed E-state index contributed by atoms with van der Waals surface area (Å²) in [7, 11) is 0. The van der Waals surface area contributed by atoms with Crippen molar-refractivity contribution in [3.8, 4) is 0 Å². The Balaban J connectivity index is 2.46. The lowest BCUT2D eigenvalue weighted by molar-refractivity contribution is 0.233. The Kier molecular flexibility index (Phi) is 4.38. The van der Waals surface area contributed by atoms with E-state index in [4.69, 9.17) is 16.6 Å². The molecule has 0 bridgehead atoms. The van der Waals surface area contributed by atoms with Gasteiger partial charge in [0.25, 0.3) is 0 Å². The topological polar surface area (TPSA) is 30.7 Å². The molecule has 0 N–H and O–H groups in total. The van der Waals surface area contributed by atoms with E-state index in [1.54, 1.807) is 0 Å². The molecule has 4 heteroatoms. The molecule has 2 rings (SSSR count). The summed E-state index contributed by atoms with van der Waals surface area (Å²) in [6.45, 7) is 12.1. The highest BCUT2D eigenvalue weighted by molar-refractivity contribution is 6.17. The van der Waals surface area contributed by atoms with Gasteiger partial charge < -0.3 is 4.57 Å². The second-order valence-electron chi connectivity index (χ2n) is 6.70. The Labute approximate surface area is 126 Å². The molecular weight excluding hydrogens is 270 g/mol. The maximum absolute atomic E-state index is 5.92. The molecule has 3 nitrogen and oxygen atoms in total. The minimum atomic E-state index is 0.263. The van der Waals surface area contributed by atoms with E-state index in [-0.39, 0.29) is 5.41 Å². The van der Waals surface area contributed by atoms with E-state index >= 15 is 0 Å². The van der Waals surface area contributed by atoms with E-state index in [0.717, 1.165) is 35.5 Å². The van der Waals surface area contributed by atoms with Gasteiger partial charge in [-0.05, 0) is 29.9 Å². The van der Waals surface area contributed by atoms with Crippen molar-refractivity contribution in [2.24, 2.45) is 11.3 Å². The highest BCUT2D eigenvalue weighted by atomic mass is 35.5. The molecule has 0 fully saturated rings. The number of nitrogens with zero attached hydrogens (tertiary/aromatic N) is 3. The third kappa shape index (κ3) is 3.14. The van der Waals surface area contributed by atoms with Crippen LogP contribution in [0.2, 0.25) is 0 Å². The maximum Gasteiger partial charge on any atom is 0.160 e. The number of imidazole rings is 1. The number of pyridine rings is 1. The molecule has 2 aromatic rings. The van der Waals surface area contributed by atoms with Crippen molar-refractivity contribution in [1.82, 2.24) is 14.5 Å². The van der Waals surface area contributed by atoms with Gasteiger partial charge in [-0.1, -0.05) is 27.7 Å². The lowest BCUT2D eigenvalue weighted by atomic mass is 9.82. The van der Waals surface area contributed by atoms with E-state index in [9.17, 15) is 0 Å². The molecule has 0 saturated heterocycles. The van der Waals surface area contributed by atoms with Gasteiger partial charge in [-0.2, -0.15) is 0 Å². The molecule has 2 aromatic heterocycles. The molecule has 0 saturated carbocycles. The van der Waals surface area contributed by atoms with Crippen LogP contribution in [-0.2, 0) is 13.0 Å². The van der Waals surface area contributed by atoms with Crippen molar-refractivity contribution in [2.75, 3.05) is 5.88 Å². The summed E-state index contributed by atoms with van der Waals surface area (Å²) in [5, 5.41) is 0. The minimum Gasteiger partial charge on any atom is -0.312 e. The molecule has 0 aliphatic carbocycles. The molecule has 1 atom stereocenters. The lowest BCUT2D eigenvalue weighted by Gasteiger charge is -2.28. The third-order valence-electron chi connectivity index (χ3n) is 4.05. The van der Waals surface area contributed by atoms with Gasteiger partial charge in [0.15, 0.2) is 5.65 Å². The van der Waals surface area contributed by atoms with Crippen LogP contribution in [0, 0.1) is 18.3 Å². The Morgan fingerprint density at radius 1 is 1.35 bits per heavy atom. The average molecular weight is 294 g/mol. The van der Waals surface area contributed by atoms with E-state index in [0.29, 0.717) is 11.8 Å². The predicted octanol–water partition coefficient (Wildman–Crippen LogP) is 4.20. The highest BCUT2D eigenvalue weighted by Crippen LogP contribution is 2.28. The Morgan fingerprint density at radius 3 is 2.65 bits per heavy atom. The predicted molar refractivity (Wildman–Crippen MR) is 85.3 cm³/mol. The first-order valence-corrected chi connectivity index (χ1v) is 7.74. The minimum absolute atomic E-state index is 0.263. The molecule has 1 unspecified atom stereocenters. The van der Waals surface area contributed by atoms with Gasteiger partial charge in [-0.3, -0.25) is 0 Å². The molecule has 20 heavy (non-hydrogen) atoms. The first-order chi connectivity index (χ1) is 9.32. The molecule has 0 aromatic carbocycles. The van der Waals surface area contributed by atoms with Crippen LogP contribution in [0.3, 0.4) is 0 Å². The molecule has 0 spiro atoms. The molecule has 0 aliphatic heterocycles. The third-order valence-corrected chi connectivity index (χ3v) is 4.24. The Morgan fingerprint density at radius 2 is 2.05 bits per heavy atom. The van der Waals surface area contributed by atoms with Crippen LogP contribution in [0.15, 0.2) is 12.3 Å². The summed E-state index contributed by atoms with van der Waals surface area (Å²) in [5.74, 6) is 2.17. The molecule has 0 aliphatic rings. The fraction of sp³-hybridized carbons (Fsp3) is 0.625. The van der Waals surface area contributed by atoms with Crippen molar-refractivity contribution in [3.63, 3.8) is 0 Å². The second kappa shape index (κ2) is 5.72. The van der Waals surface area contributed by atoms with Gasteiger partial charge in [-0.25, -0.2) is 9.97 Å². The fourth-order valence-corrected chi connectivity index (χ4v) is 2.34. The highest BCUT2D eigenvalue weighted by Gasteiger charge is 2.23.